The molecule has 0 saturated heterocycles. The third-order valence-electron chi connectivity index (χ3n) is 5.20. The molecule has 0 heterocycles. The average Bonchev–Trinajstić information content (AvgIpc) is 2.89. The number of allylic oxidation sites excluding steroid dienone is 5. The Kier molecular flexibility index (Phi) is 14.7. The van der Waals surface area contributed by atoms with E-state index in [-0.39, 0.29) is 0 Å². The predicted octanol–water partition coefficient (Wildman–Crippen LogP) is 9.84. The van der Waals surface area contributed by atoms with E-state index in [1.165, 1.54) is 27.9 Å². The van der Waals surface area contributed by atoms with Crippen LogP contribution in [0.5, 0.6) is 0 Å². The fraction of sp³-hybridized carbons (Fsp3) is 0.176. The van der Waals surface area contributed by atoms with E-state index in [0.29, 0.717) is 6.04 Å². The van der Waals surface area contributed by atoms with Crippen LogP contribution in [-0.2, 0) is 0 Å². The summed E-state index contributed by atoms with van der Waals surface area (Å²) in [4.78, 5) is 0. The van der Waals surface area contributed by atoms with Gasteiger partial charge in [0.25, 0.3) is 0 Å². The first kappa shape index (κ1) is 29.2. The van der Waals surface area contributed by atoms with Crippen LogP contribution >= 0.6 is 0 Å². The molecular formula is C34H41N. The second kappa shape index (κ2) is 17.6. The van der Waals surface area contributed by atoms with Crippen LogP contribution in [0.3, 0.4) is 0 Å². The highest BCUT2D eigenvalue weighted by Crippen LogP contribution is 2.11. The van der Waals surface area contributed by atoms with Crippen molar-refractivity contribution in [3.63, 3.8) is 0 Å². The first-order chi connectivity index (χ1) is 16.9. The molecule has 0 bridgehead atoms. The van der Waals surface area contributed by atoms with Gasteiger partial charge in [0.05, 0.1) is 0 Å². The molecule has 0 fully saturated rings. The number of rotatable bonds is 8. The molecule has 3 aromatic rings. The molecular weight excluding hydrogens is 422 g/mol. The van der Waals surface area contributed by atoms with Crippen molar-refractivity contribution in [3.05, 3.63) is 151 Å². The van der Waals surface area contributed by atoms with Gasteiger partial charge in [-0.15, -0.1) is 0 Å². The Morgan fingerprint density at radius 2 is 1.23 bits per heavy atom. The second-order valence-corrected chi connectivity index (χ2v) is 8.28. The van der Waals surface area contributed by atoms with Crippen molar-refractivity contribution in [3.8, 4) is 0 Å². The van der Waals surface area contributed by atoms with Crippen LogP contribution in [0.2, 0.25) is 0 Å². The summed E-state index contributed by atoms with van der Waals surface area (Å²) in [5.41, 5.74) is 7.30. The smallest absolute Gasteiger partial charge is 0.0342 e. The van der Waals surface area contributed by atoms with E-state index >= 15 is 0 Å². The van der Waals surface area contributed by atoms with Crippen molar-refractivity contribution < 1.29 is 0 Å². The molecule has 35 heavy (non-hydrogen) atoms. The fourth-order valence-corrected chi connectivity index (χ4v) is 2.83. The molecule has 1 N–H and O–H groups in total. The van der Waals surface area contributed by atoms with E-state index in [4.69, 9.17) is 0 Å². The van der Waals surface area contributed by atoms with Crippen LogP contribution in [-0.4, -0.2) is 6.04 Å². The van der Waals surface area contributed by atoms with Gasteiger partial charge in [0.1, 0.15) is 0 Å². The Labute approximate surface area is 213 Å². The topological polar surface area (TPSA) is 12.0 Å². The minimum atomic E-state index is 0.563. The maximum atomic E-state index is 3.56. The number of hydrogen-bond acceptors (Lipinski definition) is 1. The third-order valence-corrected chi connectivity index (χ3v) is 5.20. The van der Waals surface area contributed by atoms with Gasteiger partial charge in [-0.25, -0.2) is 0 Å². The normalized spacial score (nSPS) is 10.5. The zero-order chi connectivity index (χ0) is 25.9. The first-order valence-corrected chi connectivity index (χ1v) is 12.1. The summed E-state index contributed by atoms with van der Waals surface area (Å²) in [6.07, 6.45) is 12.4. The Bertz CT molecular complexity index is 1040. The molecule has 1 atom stereocenters. The molecule has 0 amide bonds. The summed E-state index contributed by atoms with van der Waals surface area (Å²) >= 11 is 0. The molecule has 0 aliphatic rings. The van der Waals surface area contributed by atoms with Crippen LogP contribution in [0.4, 0.5) is 5.69 Å². The fourth-order valence-electron chi connectivity index (χ4n) is 2.83. The maximum Gasteiger partial charge on any atom is 0.0342 e. The second-order valence-electron chi connectivity index (χ2n) is 8.28. The van der Waals surface area contributed by atoms with E-state index in [1.54, 1.807) is 18.2 Å². The summed E-state index contributed by atoms with van der Waals surface area (Å²) < 4.78 is 0. The van der Waals surface area contributed by atoms with Gasteiger partial charge in [0.15, 0.2) is 0 Å². The van der Waals surface area contributed by atoms with Crippen LogP contribution in [0.25, 0.3) is 12.2 Å². The zero-order valence-electron chi connectivity index (χ0n) is 21.9. The van der Waals surface area contributed by atoms with Crippen molar-refractivity contribution in [2.24, 2.45) is 0 Å². The molecule has 1 heteroatoms. The lowest BCUT2D eigenvalue weighted by atomic mass is 10.1. The molecule has 0 spiro atoms. The molecule has 3 aromatic carbocycles. The first-order valence-electron chi connectivity index (χ1n) is 12.1. The van der Waals surface area contributed by atoms with Gasteiger partial charge in [-0.3, -0.25) is 0 Å². The lowest BCUT2D eigenvalue weighted by molar-refractivity contribution is 0.764. The van der Waals surface area contributed by atoms with Crippen molar-refractivity contribution >= 4 is 17.8 Å². The van der Waals surface area contributed by atoms with Crippen LogP contribution in [0.1, 0.15) is 42.5 Å². The largest absolute Gasteiger partial charge is 0.383 e. The number of aryl methyl sites for hydroxylation is 2. The van der Waals surface area contributed by atoms with E-state index in [9.17, 15) is 0 Å². The Morgan fingerprint density at radius 1 is 0.743 bits per heavy atom. The minimum Gasteiger partial charge on any atom is -0.383 e. The lowest BCUT2D eigenvalue weighted by Crippen LogP contribution is -2.12. The van der Waals surface area contributed by atoms with Gasteiger partial charge in [0, 0.05) is 11.7 Å². The number of anilines is 1. The summed E-state index contributed by atoms with van der Waals surface area (Å²) in [5.74, 6) is 0. The highest BCUT2D eigenvalue weighted by Gasteiger charge is 1.96. The van der Waals surface area contributed by atoms with Crippen LogP contribution < -0.4 is 5.32 Å². The van der Waals surface area contributed by atoms with Crippen LogP contribution in [0.15, 0.2) is 128 Å². The van der Waals surface area contributed by atoms with Gasteiger partial charge < -0.3 is 5.32 Å². The zero-order valence-corrected chi connectivity index (χ0v) is 21.9. The summed E-state index contributed by atoms with van der Waals surface area (Å²) in [6, 6.07) is 27.9. The van der Waals surface area contributed by atoms with Gasteiger partial charge in [0.2, 0.25) is 0 Å². The molecule has 0 aliphatic carbocycles. The average molecular weight is 464 g/mol. The molecule has 0 aliphatic heterocycles. The maximum absolute atomic E-state index is 3.56. The Morgan fingerprint density at radius 3 is 1.66 bits per heavy atom. The summed E-state index contributed by atoms with van der Waals surface area (Å²) in [5, 5.41) is 3.42. The molecule has 0 radical (unpaired) electrons. The van der Waals surface area contributed by atoms with E-state index in [1.807, 2.05) is 12.1 Å². The van der Waals surface area contributed by atoms with Crippen molar-refractivity contribution in [2.75, 3.05) is 5.32 Å². The van der Waals surface area contributed by atoms with Gasteiger partial charge in [-0.2, -0.15) is 0 Å². The molecule has 1 unspecified atom stereocenters. The van der Waals surface area contributed by atoms with E-state index in [0.717, 1.165) is 12.0 Å². The van der Waals surface area contributed by atoms with Crippen LogP contribution in [0, 0.1) is 13.8 Å². The number of benzene rings is 3. The van der Waals surface area contributed by atoms with E-state index in [2.05, 4.69) is 138 Å². The van der Waals surface area contributed by atoms with Gasteiger partial charge in [-0.05, 0) is 56.0 Å². The molecule has 3 rings (SSSR count). The SMILES string of the molecule is C=CC=C(C=C)C=C.CCC(C)Nc1ccc(C)cc1.Cc1ccc(/C=C/c2ccccc2)cc1. The highest BCUT2D eigenvalue weighted by atomic mass is 14.9. The quantitative estimate of drug-likeness (QED) is 0.259. The molecule has 0 aromatic heterocycles. The van der Waals surface area contributed by atoms with Gasteiger partial charge >= 0.3 is 0 Å². The molecule has 182 valence electrons. The Hall–Kier alpha value is -3.84. The highest BCUT2D eigenvalue weighted by molar-refractivity contribution is 5.69. The molecule has 0 saturated carbocycles. The van der Waals surface area contributed by atoms with Crippen molar-refractivity contribution in [1.82, 2.24) is 0 Å². The van der Waals surface area contributed by atoms with E-state index < -0.39 is 0 Å². The minimum absolute atomic E-state index is 0.563. The molecule has 1 nitrogen and oxygen atoms in total. The van der Waals surface area contributed by atoms with Crippen molar-refractivity contribution in [1.29, 1.82) is 0 Å². The Balaban J connectivity index is 0.000000277. The predicted molar refractivity (Wildman–Crippen MR) is 160 cm³/mol. The van der Waals surface area contributed by atoms with Gasteiger partial charge in [-0.1, -0.05) is 141 Å². The summed E-state index contributed by atoms with van der Waals surface area (Å²) in [6.45, 7) is 19.2. The number of nitrogens with one attached hydrogen (secondary N) is 1. The standard InChI is InChI=1S/C15H14.C11H17N.C8H10/c1-13-7-9-15(10-8-13)12-11-14-5-3-2-4-6-14;1-4-10(3)12-11-7-5-9(2)6-8-11;1-4-7-8(5-2)6-3/h2-12H,1H3;5-8,10,12H,4H2,1-3H3;4-7H,1-3H2/b12-11+;;. The number of hydrogen-bond donors (Lipinski definition) is 1. The van der Waals surface area contributed by atoms with Crippen molar-refractivity contribution in [2.45, 2.75) is 40.2 Å². The third kappa shape index (κ3) is 13.5. The monoisotopic (exact) mass is 463 g/mol. The lowest BCUT2D eigenvalue weighted by Gasteiger charge is -2.12. The summed E-state index contributed by atoms with van der Waals surface area (Å²) in [7, 11) is 0.